The van der Waals surface area contributed by atoms with Crippen molar-refractivity contribution in [2.75, 3.05) is 18.0 Å². The first-order chi connectivity index (χ1) is 16.5. The lowest BCUT2D eigenvalue weighted by atomic mass is 9.96. The summed E-state index contributed by atoms with van der Waals surface area (Å²) < 4.78 is 0. The third-order valence-electron chi connectivity index (χ3n) is 7.25. The predicted molar refractivity (Wildman–Crippen MR) is 139 cm³/mol. The zero-order valence-corrected chi connectivity index (χ0v) is 20.4. The molecule has 0 unspecified atom stereocenters. The third-order valence-corrected chi connectivity index (χ3v) is 7.25. The number of aromatic nitrogens is 1. The summed E-state index contributed by atoms with van der Waals surface area (Å²) in [6.07, 6.45) is 8.04. The zero-order valence-electron chi connectivity index (χ0n) is 20.4. The minimum absolute atomic E-state index is 0.339. The lowest BCUT2D eigenvalue weighted by Crippen LogP contribution is -2.47. The van der Waals surface area contributed by atoms with E-state index < -0.39 is 0 Å². The molecule has 5 nitrogen and oxygen atoms in total. The summed E-state index contributed by atoms with van der Waals surface area (Å²) in [5, 5.41) is 0. The van der Waals surface area contributed by atoms with E-state index in [9.17, 15) is 4.79 Å². The van der Waals surface area contributed by atoms with Crippen molar-refractivity contribution in [2.45, 2.75) is 58.2 Å². The van der Waals surface area contributed by atoms with Crippen LogP contribution in [0, 0.1) is 6.92 Å². The molecule has 2 heterocycles. The molecule has 3 aromatic rings. The van der Waals surface area contributed by atoms with Gasteiger partial charge >= 0.3 is 0 Å². The fraction of sp³-hybridized carbons (Fsp3) is 0.379. The van der Waals surface area contributed by atoms with Crippen LogP contribution in [0.2, 0.25) is 0 Å². The summed E-state index contributed by atoms with van der Waals surface area (Å²) in [7, 11) is 0. The second kappa shape index (κ2) is 11.3. The first-order valence-corrected chi connectivity index (χ1v) is 12.4. The Labute approximate surface area is 203 Å². The summed E-state index contributed by atoms with van der Waals surface area (Å²) in [4.78, 5) is 21.3. The van der Waals surface area contributed by atoms with Crippen molar-refractivity contribution in [1.82, 2.24) is 9.88 Å². The highest BCUT2D eigenvalue weighted by Crippen LogP contribution is 2.27. The summed E-state index contributed by atoms with van der Waals surface area (Å²) in [5.74, 6) is -0.339. The van der Waals surface area contributed by atoms with Crippen LogP contribution in [-0.4, -0.2) is 41.0 Å². The molecular formula is C29H36N4O. The van der Waals surface area contributed by atoms with Crippen LogP contribution in [-0.2, 0) is 13.0 Å². The van der Waals surface area contributed by atoms with E-state index in [1.165, 1.54) is 16.8 Å². The molecule has 2 aromatic carbocycles. The highest BCUT2D eigenvalue weighted by Gasteiger charge is 2.27. The number of amides is 1. The number of nitrogens with two attached hydrogens (primary N) is 1. The van der Waals surface area contributed by atoms with Crippen molar-refractivity contribution in [3.63, 3.8) is 0 Å². The van der Waals surface area contributed by atoms with Gasteiger partial charge < -0.3 is 15.5 Å². The van der Waals surface area contributed by atoms with E-state index in [0.717, 1.165) is 50.9 Å². The number of anilines is 1. The predicted octanol–water partition coefficient (Wildman–Crippen LogP) is 4.98. The van der Waals surface area contributed by atoms with Crippen LogP contribution in [0.15, 0.2) is 73.1 Å². The first-order valence-electron chi connectivity index (χ1n) is 12.4. The number of hydrogen-bond acceptors (Lipinski definition) is 4. The maximum atomic E-state index is 11.7. The van der Waals surface area contributed by atoms with Crippen molar-refractivity contribution in [3.05, 3.63) is 95.3 Å². The van der Waals surface area contributed by atoms with Gasteiger partial charge in [-0.2, -0.15) is 0 Å². The van der Waals surface area contributed by atoms with E-state index in [4.69, 9.17) is 5.73 Å². The topological polar surface area (TPSA) is 62.5 Å². The fourth-order valence-electron chi connectivity index (χ4n) is 5.06. The average molecular weight is 457 g/mol. The number of benzene rings is 2. The molecule has 4 rings (SSSR count). The SMILES string of the molecule is Cc1ccncc1CN(c1ccccc1)C1CCN([C@H](C)CCc2ccccc2C(N)=O)CC1. The van der Waals surface area contributed by atoms with Gasteiger partial charge in [0.05, 0.1) is 0 Å². The summed E-state index contributed by atoms with van der Waals surface area (Å²) in [6, 6.07) is 21.5. The molecule has 1 saturated heterocycles. The van der Waals surface area contributed by atoms with E-state index in [1.54, 1.807) is 0 Å². The van der Waals surface area contributed by atoms with E-state index in [2.05, 4.69) is 65.0 Å². The number of carbonyl (C=O) groups excluding carboxylic acids is 1. The highest BCUT2D eigenvalue weighted by molar-refractivity contribution is 5.94. The van der Waals surface area contributed by atoms with Gasteiger partial charge in [0.15, 0.2) is 0 Å². The Morgan fingerprint density at radius 3 is 2.47 bits per heavy atom. The number of primary amides is 1. The molecule has 0 bridgehead atoms. The molecule has 0 spiro atoms. The van der Waals surface area contributed by atoms with Gasteiger partial charge in [-0.25, -0.2) is 0 Å². The monoisotopic (exact) mass is 456 g/mol. The lowest BCUT2D eigenvalue weighted by Gasteiger charge is -2.42. The number of nitrogens with zero attached hydrogens (tertiary/aromatic N) is 3. The Hall–Kier alpha value is -3.18. The van der Waals surface area contributed by atoms with Gasteiger partial charge in [-0.15, -0.1) is 0 Å². The molecule has 1 fully saturated rings. The summed E-state index contributed by atoms with van der Waals surface area (Å²) in [6.45, 7) is 7.52. The van der Waals surface area contributed by atoms with Crippen LogP contribution in [0.25, 0.3) is 0 Å². The number of aryl methyl sites for hydroxylation is 2. The van der Waals surface area contributed by atoms with E-state index in [1.807, 2.05) is 36.7 Å². The molecule has 2 N–H and O–H groups in total. The minimum Gasteiger partial charge on any atom is -0.366 e. The molecule has 1 atom stereocenters. The number of piperidine rings is 1. The number of likely N-dealkylation sites (tertiary alicyclic amines) is 1. The minimum atomic E-state index is -0.339. The number of pyridine rings is 1. The van der Waals surface area contributed by atoms with E-state index in [-0.39, 0.29) is 5.91 Å². The maximum Gasteiger partial charge on any atom is 0.248 e. The molecule has 0 aliphatic carbocycles. The van der Waals surface area contributed by atoms with Gasteiger partial charge in [0.2, 0.25) is 5.91 Å². The van der Waals surface area contributed by atoms with Crippen molar-refractivity contribution in [3.8, 4) is 0 Å². The molecule has 1 aliphatic rings. The van der Waals surface area contributed by atoms with Crippen LogP contribution < -0.4 is 10.6 Å². The second-order valence-electron chi connectivity index (χ2n) is 9.44. The Morgan fingerprint density at radius 1 is 1.06 bits per heavy atom. The Bertz CT molecular complexity index is 1080. The van der Waals surface area contributed by atoms with Crippen molar-refractivity contribution in [1.29, 1.82) is 0 Å². The van der Waals surface area contributed by atoms with Gasteiger partial charge in [-0.05, 0) is 80.5 Å². The number of hydrogen-bond donors (Lipinski definition) is 1. The maximum absolute atomic E-state index is 11.7. The molecule has 1 amide bonds. The van der Waals surface area contributed by atoms with Crippen LogP contribution >= 0.6 is 0 Å². The number of carbonyl (C=O) groups is 1. The smallest absolute Gasteiger partial charge is 0.248 e. The zero-order chi connectivity index (χ0) is 23.9. The Kier molecular flexibility index (Phi) is 7.96. The van der Waals surface area contributed by atoms with Gasteiger partial charge in [-0.1, -0.05) is 36.4 Å². The quantitative estimate of drug-likeness (QED) is 0.493. The number of rotatable bonds is 9. The second-order valence-corrected chi connectivity index (χ2v) is 9.44. The highest BCUT2D eigenvalue weighted by atomic mass is 16.1. The van der Waals surface area contributed by atoms with Gasteiger partial charge in [-0.3, -0.25) is 9.78 Å². The van der Waals surface area contributed by atoms with Crippen LogP contribution in [0.3, 0.4) is 0 Å². The normalized spacial score (nSPS) is 15.7. The van der Waals surface area contributed by atoms with Gasteiger partial charge in [0.25, 0.3) is 0 Å². The molecule has 178 valence electrons. The van der Waals surface area contributed by atoms with Crippen LogP contribution in [0.1, 0.15) is 53.2 Å². The lowest BCUT2D eigenvalue weighted by molar-refractivity contribution is 0.0999. The fourth-order valence-corrected chi connectivity index (χ4v) is 5.06. The molecule has 0 radical (unpaired) electrons. The summed E-state index contributed by atoms with van der Waals surface area (Å²) >= 11 is 0. The largest absolute Gasteiger partial charge is 0.366 e. The third kappa shape index (κ3) is 5.84. The van der Waals surface area contributed by atoms with Crippen LogP contribution in [0.5, 0.6) is 0 Å². The molecule has 34 heavy (non-hydrogen) atoms. The van der Waals surface area contributed by atoms with Crippen molar-refractivity contribution < 1.29 is 4.79 Å². The molecule has 5 heteroatoms. The average Bonchev–Trinajstić information content (AvgIpc) is 2.87. The Morgan fingerprint density at radius 2 is 1.76 bits per heavy atom. The van der Waals surface area contributed by atoms with Crippen molar-refractivity contribution in [2.24, 2.45) is 5.73 Å². The standard InChI is InChI=1S/C29H36N4O/c1-22-14-17-31-20-25(22)21-33(26-9-4-3-5-10-26)27-15-18-32(19-16-27)23(2)12-13-24-8-6-7-11-28(24)29(30)34/h3-11,14,17,20,23,27H,12-13,15-16,18-19,21H2,1-2H3,(H2,30,34)/t23-/m1/s1. The molecule has 1 aromatic heterocycles. The first kappa shape index (κ1) is 24.0. The van der Waals surface area contributed by atoms with E-state index >= 15 is 0 Å². The number of para-hydroxylation sites is 1. The van der Waals surface area contributed by atoms with Crippen LogP contribution in [0.4, 0.5) is 5.69 Å². The van der Waals surface area contributed by atoms with Gasteiger partial charge in [0, 0.05) is 55.4 Å². The van der Waals surface area contributed by atoms with E-state index in [0.29, 0.717) is 17.6 Å². The Balaban J connectivity index is 1.38. The summed E-state index contributed by atoms with van der Waals surface area (Å²) in [5.41, 5.74) is 11.1. The molecular weight excluding hydrogens is 420 g/mol. The molecule has 0 saturated carbocycles. The molecule has 1 aliphatic heterocycles. The van der Waals surface area contributed by atoms with Crippen molar-refractivity contribution >= 4 is 11.6 Å². The van der Waals surface area contributed by atoms with Gasteiger partial charge in [0.1, 0.15) is 0 Å².